The number of nitrogens with one attached hydrogen (secondary N) is 1. The topological polar surface area (TPSA) is 75.6 Å². The summed E-state index contributed by atoms with van der Waals surface area (Å²) in [7, 11) is 0. The van der Waals surface area contributed by atoms with Gasteiger partial charge in [0.25, 0.3) is 0 Å². The number of alkyl carbamates (subject to hydrolysis) is 1. The van der Waals surface area contributed by atoms with E-state index in [-0.39, 0.29) is 24.9 Å². The van der Waals surface area contributed by atoms with Crippen LogP contribution in [-0.4, -0.2) is 29.3 Å². The van der Waals surface area contributed by atoms with Crippen LogP contribution in [-0.2, 0) is 9.53 Å². The Morgan fingerprint density at radius 2 is 1.71 bits per heavy atom. The van der Waals surface area contributed by atoms with Gasteiger partial charge < -0.3 is 15.2 Å². The second kappa shape index (κ2) is 6.36. The van der Waals surface area contributed by atoms with Gasteiger partial charge in [-0.15, -0.1) is 0 Å². The van der Waals surface area contributed by atoms with Gasteiger partial charge in [0.15, 0.2) is 0 Å². The molecule has 2 aromatic carbocycles. The number of rotatable bonds is 5. The minimum atomic E-state index is -0.869. The number of amides is 1. The van der Waals surface area contributed by atoms with E-state index in [9.17, 15) is 14.7 Å². The van der Waals surface area contributed by atoms with Crippen molar-refractivity contribution < 1.29 is 19.4 Å². The molecule has 2 N–H and O–H groups in total. The van der Waals surface area contributed by atoms with Gasteiger partial charge in [0.2, 0.25) is 0 Å². The van der Waals surface area contributed by atoms with E-state index in [4.69, 9.17) is 4.74 Å². The number of aliphatic carboxylic acids is 1. The van der Waals surface area contributed by atoms with Gasteiger partial charge in [0, 0.05) is 5.92 Å². The third-order valence-corrected chi connectivity index (χ3v) is 6.75. The molecule has 0 aromatic heterocycles. The molecule has 0 radical (unpaired) electrons. The van der Waals surface area contributed by atoms with Crippen LogP contribution in [0.15, 0.2) is 48.5 Å². The highest BCUT2D eigenvalue weighted by molar-refractivity contribution is 5.79. The fourth-order valence-electron chi connectivity index (χ4n) is 5.40. The summed E-state index contributed by atoms with van der Waals surface area (Å²) in [4.78, 5) is 24.0. The number of fused-ring (bicyclic) bond motifs is 4. The van der Waals surface area contributed by atoms with Gasteiger partial charge >= 0.3 is 12.1 Å². The molecule has 144 valence electrons. The van der Waals surface area contributed by atoms with E-state index >= 15 is 0 Å². The second-order valence-electron chi connectivity index (χ2n) is 8.32. The third kappa shape index (κ3) is 2.77. The molecule has 5 nitrogen and oxygen atoms in total. The fraction of sp³-hybridized carbons (Fsp3) is 0.391. The number of benzene rings is 2. The summed E-state index contributed by atoms with van der Waals surface area (Å²) < 4.78 is 5.63. The molecule has 0 bridgehead atoms. The normalized spacial score (nSPS) is 26.9. The Labute approximate surface area is 163 Å². The van der Waals surface area contributed by atoms with Crippen molar-refractivity contribution in [2.75, 3.05) is 6.61 Å². The molecular weight excluding hydrogens is 354 g/mol. The van der Waals surface area contributed by atoms with Crippen molar-refractivity contribution >= 4 is 12.1 Å². The van der Waals surface area contributed by atoms with Crippen LogP contribution in [0.1, 0.15) is 42.7 Å². The molecule has 2 saturated carbocycles. The Morgan fingerprint density at radius 1 is 1.07 bits per heavy atom. The first-order valence-electron chi connectivity index (χ1n) is 9.92. The zero-order valence-corrected chi connectivity index (χ0v) is 15.6. The van der Waals surface area contributed by atoms with Crippen LogP contribution in [0.4, 0.5) is 4.79 Å². The number of hydrogen-bond acceptors (Lipinski definition) is 3. The van der Waals surface area contributed by atoms with Crippen LogP contribution in [0, 0.1) is 11.8 Å². The van der Waals surface area contributed by atoms with E-state index in [0.29, 0.717) is 5.92 Å². The molecule has 3 aliphatic carbocycles. The van der Waals surface area contributed by atoms with Crippen molar-refractivity contribution in [2.45, 2.75) is 37.1 Å². The molecule has 0 aliphatic heterocycles. The first kappa shape index (κ1) is 17.3. The van der Waals surface area contributed by atoms with E-state index < -0.39 is 17.6 Å². The monoisotopic (exact) mass is 377 g/mol. The molecule has 2 aromatic rings. The van der Waals surface area contributed by atoms with Crippen LogP contribution < -0.4 is 5.32 Å². The Bertz CT molecular complexity index is 910. The largest absolute Gasteiger partial charge is 0.481 e. The maximum absolute atomic E-state index is 12.6. The second-order valence-corrected chi connectivity index (χ2v) is 8.32. The SMILES string of the molecule is O=C(O)CC1(NC(=O)OCC2c3ccccc3-c3ccccc32)CC[C@H]2C[C@H]21. The van der Waals surface area contributed by atoms with Gasteiger partial charge in [0.05, 0.1) is 12.0 Å². The summed E-state index contributed by atoms with van der Waals surface area (Å²) in [6.07, 6.45) is 2.19. The maximum Gasteiger partial charge on any atom is 0.407 e. The summed E-state index contributed by atoms with van der Waals surface area (Å²) in [5.41, 5.74) is 4.07. The molecule has 1 unspecified atom stereocenters. The minimum Gasteiger partial charge on any atom is -0.481 e. The van der Waals surface area contributed by atoms with E-state index in [1.54, 1.807) is 0 Å². The van der Waals surface area contributed by atoms with Crippen LogP contribution in [0.3, 0.4) is 0 Å². The summed E-state index contributed by atoms with van der Waals surface area (Å²) in [6.45, 7) is 0.247. The highest BCUT2D eigenvalue weighted by Crippen LogP contribution is 2.58. The quantitative estimate of drug-likeness (QED) is 0.820. The predicted octanol–water partition coefficient (Wildman–Crippen LogP) is 4.17. The van der Waals surface area contributed by atoms with Crippen molar-refractivity contribution in [2.24, 2.45) is 11.8 Å². The number of carboxylic acids is 1. The van der Waals surface area contributed by atoms with Gasteiger partial charge in [-0.1, -0.05) is 48.5 Å². The summed E-state index contributed by atoms with van der Waals surface area (Å²) in [6, 6.07) is 16.4. The first-order valence-corrected chi connectivity index (χ1v) is 9.92. The lowest BCUT2D eigenvalue weighted by Gasteiger charge is -2.30. The number of carbonyl (C=O) groups is 2. The molecular formula is C23H23NO4. The zero-order valence-electron chi connectivity index (χ0n) is 15.6. The van der Waals surface area contributed by atoms with Crippen molar-refractivity contribution in [1.29, 1.82) is 0 Å². The molecule has 2 fully saturated rings. The number of hydrogen-bond donors (Lipinski definition) is 2. The molecule has 3 aliphatic rings. The van der Waals surface area contributed by atoms with E-state index in [1.165, 1.54) is 22.3 Å². The minimum absolute atomic E-state index is 0.00539. The molecule has 5 rings (SSSR count). The number of ether oxygens (including phenoxy) is 1. The van der Waals surface area contributed by atoms with Gasteiger partial charge in [-0.05, 0) is 53.4 Å². The average Bonchev–Trinajstić information content (AvgIpc) is 3.31. The lowest BCUT2D eigenvalue weighted by atomic mass is 9.89. The predicted molar refractivity (Wildman–Crippen MR) is 104 cm³/mol. The summed E-state index contributed by atoms with van der Waals surface area (Å²) in [5.74, 6) is -0.0189. The molecule has 0 saturated heterocycles. The van der Waals surface area contributed by atoms with Gasteiger partial charge in [-0.3, -0.25) is 4.79 Å². The highest BCUT2D eigenvalue weighted by Gasteiger charge is 2.59. The average molecular weight is 377 g/mol. The molecule has 5 heteroatoms. The summed E-state index contributed by atoms with van der Waals surface area (Å²) >= 11 is 0. The lowest BCUT2D eigenvalue weighted by molar-refractivity contribution is -0.138. The van der Waals surface area contributed by atoms with Crippen molar-refractivity contribution in [3.63, 3.8) is 0 Å². The van der Waals surface area contributed by atoms with Crippen LogP contribution in [0.2, 0.25) is 0 Å². The van der Waals surface area contributed by atoms with Gasteiger partial charge in [-0.2, -0.15) is 0 Å². The first-order chi connectivity index (χ1) is 13.6. The highest BCUT2D eigenvalue weighted by atomic mass is 16.5. The van der Waals surface area contributed by atoms with Crippen molar-refractivity contribution in [3.05, 3.63) is 59.7 Å². The Kier molecular flexibility index (Phi) is 3.93. The van der Waals surface area contributed by atoms with E-state index in [0.717, 1.165) is 19.3 Å². The number of carboxylic acid groups (broad SMARTS) is 1. The van der Waals surface area contributed by atoms with Crippen molar-refractivity contribution in [1.82, 2.24) is 5.32 Å². The van der Waals surface area contributed by atoms with Gasteiger partial charge in [0.1, 0.15) is 6.61 Å². The standard InChI is InChI=1S/C23H23NO4/c25-21(26)12-23(10-9-14-11-20(14)23)24-22(27)28-13-19-17-7-3-1-5-15(17)16-6-2-4-8-18(16)19/h1-8,14,19-20H,9-13H2,(H,24,27)(H,25,26)/t14-,20+,23?/m0/s1. The molecule has 3 atom stereocenters. The molecule has 0 spiro atoms. The van der Waals surface area contributed by atoms with Gasteiger partial charge in [-0.25, -0.2) is 4.79 Å². The van der Waals surface area contributed by atoms with Crippen LogP contribution in [0.5, 0.6) is 0 Å². The molecule has 0 heterocycles. The maximum atomic E-state index is 12.6. The third-order valence-electron chi connectivity index (χ3n) is 6.75. The Morgan fingerprint density at radius 3 is 2.25 bits per heavy atom. The fourth-order valence-corrected chi connectivity index (χ4v) is 5.40. The lowest BCUT2D eigenvalue weighted by Crippen LogP contribution is -2.50. The zero-order chi connectivity index (χ0) is 19.3. The van der Waals surface area contributed by atoms with Crippen molar-refractivity contribution in [3.8, 4) is 11.1 Å². The molecule has 28 heavy (non-hydrogen) atoms. The Balaban J connectivity index is 1.31. The van der Waals surface area contributed by atoms with Crippen LogP contribution in [0.25, 0.3) is 11.1 Å². The van der Waals surface area contributed by atoms with E-state index in [1.807, 2.05) is 24.3 Å². The summed E-state index contributed by atoms with van der Waals surface area (Å²) in [5, 5.41) is 12.3. The Hall–Kier alpha value is -2.82. The van der Waals surface area contributed by atoms with Crippen LogP contribution >= 0.6 is 0 Å². The smallest absolute Gasteiger partial charge is 0.407 e. The van der Waals surface area contributed by atoms with E-state index in [2.05, 4.69) is 29.6 Å². The number of carbonyl (C=O) groups excluding carboxylic acids is 1. The molecule has 1 amide bonds.